The van der Waals surface area contributed by atoms with Crippen LogP contribution in [-0.2, 0) is 4.79 Å². The molecule has 7 heteroatoms. The molecule has 1 rings (SSSR count). The first kappa shape index (κ1) is 16.3. The molecule has 5 nitrogen and oxygen atoms in total. The first-order valence-electron chi connectivity index (χ1n) is 6.43. The number of alkyl halides is 2. The van der Waals surface area contributed by atoms with Gasteiger partial charge >= 0.3 is 5.97 Å². The van der Waals surface area contributed by atoms with E-state index in [2.05, 4.69) is 0 Å². The van der Waals surface area contributed by atoms with Crippen LogP contribution in [-0.4, -0.2) is 64.5 Å². The molecule has 112 valence electrons. The molecule has 0 aromatic carbocycles. The van der Waals surface area contributed by atoms with Crippen molar-refractivity contribution in [2.24, 2.45) is 5.92 Å². The van der Waals surface area contributed by atoms with Gasteiger partial charge in [0, 0.05) is 13.1 Å². The summed E-state index contributed by atoms with van der Waals surface area (Å²) in [6.45, 7) is -0.620. The highest BCUT2D eigenvalue weighted by molar-refractivity contribution is 5.70. The van der Waals surface area contributed by atoms with Gasteiger partial charge in [0.15, 0.2) is 0 Å². The summed E-state index contributed by atoms with van der Waals surface area (Å²) in [6, 6.07) is 0. The van der Waals surface area contributed by atoms with Gasteiger partial charge in [-0.15, -0.1) is 0 Å². The fourth-order valence-corrected chi connectivity index (χ4v) is 2.55. The van der Waals surface area contributed by atoms with Gasteiger partial charge in [0.05, 0.1) is 24.7 Å². The van der Waals surface area contributed by atoms with Gasteiger partial charge in [-0.25, -0.2) is 8.78 Å². The third kappa shape index (κ3) is 5.38. The van der Waals surface area contributed by atoms with E-state index in [1.54, 1.807) is 0 Å². The molecule has 0 unspecified atom stereocenters. The zero-order chi connectivity index (χ0) is 14.5. The molecule has 0 amide bonds. The summed E-state index contributed by atoms with van der Waals surface area (Å²) in [6.07, 6.45) is -1.24. The molecule has 1 saturated carbocycles. The van der Waals surface area contributed by atoms with Gasteiger partial charge in [-0.3, -0.25) is 9.69 Å². The Morgan fingerprint density at radius 1 is 1.37 bits per heavy atom. The number of aliphatic carboxylic acids is 1. The second-order valence-corrected chi connectivity index (χ2v) is 5.19. The molecule has 0 heterocycles. The SMILES string of the molecule is O=C(O)C1CCC(O)(CN(CCO)CC(F)F)CC1. The normalized spacial score (nSPS) is 28.0. The summed E-state index contributed by atoms with van der Waals surface area (Å²) in [7, 11) is 0. The van der Waals surface area contributed by atoms with E-state index in [0.29, 0.717) is 12.8 Å². The van der Waals surface area contributed by atoms with Crippen molar-refractivity contribution in [1.29, 1.82) is 0 Å². The molecular weight excluding hydrogens is 260 g/mol. The monoisotopic (exact) mass is 281 g/mol. The Morgan fingerprint density at radius 3 is 2.37 bits per heavy atom. The summed E-state index contributed by atoms with van der Waals surface area (Å²) < 4.78 is 24.7. The van der Waals surface area contributed by atoms with Crippen LogP contribution in [0.5, 0.6) is 0 Å². The number of hydrogen-bond acceptors (Lipinski definition) is 4. The minimum atomic E-state index is -2.52. The Kier molecular flexibility index (Phi) is 6.09. The van der Waals surface area contributed by atoms with E-state index >= 15 is 0 Å². The molecule has 0 radical (unpaired) electrons. The topological polar surface area (TPSA) is 81.0 Å². The number of rotatable bonds is 7. The fourth-order valence-electron chi connectivity index (χ4n) is 2.55. The molecule has 0 bridgehead atoms. The summed E-state index contributed by atoms with van der Waals surface area (Å²) in [5, 5.41) is 28.0. The van der Waals surface area contributed by atoms with Gasteiger partial charge in [-0.05, 0) is 25.7 Å². The summed E-state index contributed by atoms with van der Waals surface area (Å²) >= 11 is 0. The maximum atomic E-state index is 12.4. The lowest BCUT2D eigenvalue weighted by atomic mass is 9.78. The minimum absolute atomic E-state index is 0.0459. The maximum absolute atomic E-state index is 12.4. The van der Waals surface area contributed by atoms with Crippen molar-refractivity contribution in [1.82, 2.24) is 4.90 Å². The molecule has 1 fully saturated rings. The predicted molar refractivity (Wildman–Crippen MR) is 64.1 cm³/mol. The van der Waals surface area contributed by atoms with Crippen LogP contribution in [0.15, 0.2) is 0 Å². The van der Waals surface area contributed by atoms with Gasteiger partial charge in [0.25, 0.3) is 6.43 Å². The second-order valence-electron chi connectivity index (χ2n) is 5.19. The van der Waals surface area contributed by atoms with Crippen LogP contribution in [0, 0.1) is 5.92 Å². The van der Waals surface area contributed by atoms with Crippen molar-refractivity contribution >= 4 is 5.97 Å². The Balaban J connectivity index is 2.51. The van der Waals surface area contributed by atoms with Crippen molar-refractivity contribution in [3.63, 3.8) is 0 Å². The molecule has 0 aromatic rings. The molecule has 0 saturated heterocycles. The summed E-state index contributed by atoms with van der Waals surface area (Å²) in [5.74, 6) is -1.33. The number of halogens is 2. The van der Waals surface area contributed by atoms with Gasteiger partial charge in [-0.2, -0.15) is 0 Å². The molecule has 3 N–H and O–H groups in total. The van der Waals surface area contributed by atoms with Crippen LogP contribution in [0.4, 0.5) is 8.78 Å². The Bertz CT molecular complexity index is 293. The Labute approximate surface area is 110 Å². The van der Waals surface area contributed by atoms with E-state index < -0.39 is 30.5 Å². The number of carbonyl (C=O) groups is 1. The molecule has 19 heavy (non-hydrogen) atoms. The van der Waals surface area contributed by atoms with E-state index in [4.69, 9.17) is 10.2 Å². The molecule has 1 aliphatic carbocycles. The third-order valence-electron chi connectivity index (χ3n) is 3.60. The zero-order valence-corrected chi connectivity index (χ0v) is 10.8. The standard InChI is InChI=1S/C12H21F2NO4/c13-10(14)7-15(5-6-16)8-12(19)3-1-9(2-4-12)11(17)18/h9-10,16,19H,1-8H2,(H,17,18). The van der Waals surface area contributed by atoms with E-state index in [-0.39, 0.29) is 32.5 Å². The average Bonchev–Trinajstić information content (AvgIpc) is 2.28. The summed E-state index contributed by atoms with van der Waals surface area (Å²) in [5.41, 5.74) is -1.13. The first-order valence-corrected chi connectivity index (χ1v) is 6.43. The van der Waals surface area contributed by atoms with Crippen molar-refractivity contribution < 1.29 is 28.9 Å². The number of aliphatic hydroxyl groups excluding tert-OH is 1. The highest BCUT2D eigenvalue weighted by Crippen LogP contribution is 2.33. The number of carboxylic acid groups (broad SMARTS) is 1. The molecule has 0 spiro atoms. The van der Waals surface area contributed by atoms with E-state index in [0.717, 1.165) is 0 Å². The quantitative estimate of drug-likeness (QED) is 0.635. The predicted octanol–water partition coefficient (Wildman–Crippen LogP) is 0.552. The van der Waals surface area contributed by atoms with Crippen LogP contribution in [0.3, 0.4) is 0 Å². The Hall–Kier alpha value is -0.790. The smallest absolute Gasteiger partial charge is 0.306 e. The zero-order valence-electron chi connectivity index (χ0n) is 10.8. The van der Waals surface area contributed by atoms with Gasteiger partial charge in [0.1, 0.15) is 0 Å². The van der Waals surface area contributed by atoms with Crippen LogP contribution in [0.2, 0.25) is 0 Å². The van der Waals surface area contributed by atoms with Crippen molar-refractivity contribution in [3.05, 3.63) is 0 Å². The third-order valence-corrected chi connectivity index (χ3v) is 3.60. The number of carboxylic acids is 1. The van der Waals surface area contributed by atoms with Gasteiger partial charge < -0.3 is 15.3 Å². The number of aliphatic hydroxyl groups is 2. The fraction of sp³-hybridized carbons (Fsp3) is 0.917. The first-order chi connectivity index (χ1) is 8.86. The van der Waals surface area contributed by atoms with Crippen LogP contribution in [0.25, 0.3) is 0 Å². The van der Waals surface area contributed by atoms with Gasteiger partial charge in [-0.1, -0.05) is 0 Å². The highest BCUT2D eigenvalue weighted by Gasteiger charge is 2.37. The average molecular weight is 281 g/mol. The van der Waals surface area contributed by atoms with Crippen LogP contribution < -0.4 is 0 Å². The molecular formula is C12H21F2NO4. The van der Waals surface area contributed by atoms with Crippen molar-refractivity contribution in [3.8, 4) is 0 Å². The van der Waals surface area contributed by atoms with Crippen LogP contribution >= 0.6 is 0 Å². The lowest BCUT2D eigenvalue weighted by molar-refractivity contribution is -0.145. The summed E-state index contributed by atoms with van der Waals surface area (Å²) in [4.78, 5) is 12.1. The molecule has 0 atom stereocenters. The molecule has 0 aromatic heterocycles. The second kappa shape index (κ2) is 7.12. The van der Waals surface area contributed by atoms with Gasteiger partial charge in [0.2, 0.25) is 0 Å². The molecule has 0 aliphatic heterocycles. The largest absolute Gasteiger partial charge is 0.481 e. The van der Waals surface area contributed by atoms with E-state index in [1.165, 1.54) is 4.90 Å². The lowest BCUT2D eigenvalue weighted by Crippen LogP contribution is -2.48. The minimum Gasteiger partial charge on any atom is -0.481 e. The Morgan fingerprint density at radius 2 is 1.95 bits per heavy atom. The van der Waals surface area contributed by atoms with Crippen molar-refractivity contribution in [2.45, 2.75) is 37.7 Å². The van der Waals surface area contributed by atoms with Crippen LogP contribution in [0.1, 0.15) is 25.7 Å². The number of nitrogens with zero attached hydrogens (tertiary/aromatic N) is 1. The lowest BCUT2D eigenvalue weighted by Gasteiger charge is -2.38. The molecule has 1 aliphatic rings. The van der Waals surface area contributed by atoms with Crippen molar-refractivity contribution in [2.75, 3.05) is 26.2 Å². The maximum Gasteiger partial charge on any atom is 0.306 e. The number of hydrogen-bond donors (Lipinski definition) is 3. The van der Waals surface area contributed by atoms with E-state index in [1.807, 2.05) is 0 Å². The highest BCUT2D eigenvalue weighted by atomic mass is 19.3. The van der Waals surface area contributed by atoms with E-state index in [9.17, 15) is 18.7 Å².